The fourth-order valence-electron chi connectivity index (χ4n) is 4.34. The van der Waals surface area contributed by atoms with Crippen molar-refractivity contribution in [1.29, 1.82) is 0 Å². The lowest BCUT2D eigenvalue weighted by Crippen LogP contribution is -2.45. The van der Waals surface area contributed by atoms with Gasteiger partial charge in [-0.25, -0.2) is 9.18 Å². The molecular formula is C17H21FN2O2. The van der Waals surface area contributed by atoms with Crippen LogP contribution in [0.15, 0.2) is 12.1 Å². The maximum Gasteiger partial charge on any atom is 0.337 e. The van der Waals surface area contributed by atoms with Gasteiger partial charge in [-0.1, -0.05) is 0 Å². The Bertz CT molecular complexity index is 620. The lowest BCUT2D eigenvalue weighted by molar-refractivity contribution is 0.0599. The normalized spacial score (nSPS) is 29.8. The molecule has 1 N–H and O–H groups in total. The molecule has 1 saturated carbocycles. The topological polar surface area (TPSA) is 41.6 Å². The third-order valence-electron chi connectivity index (χ3n) is 5.47. The quantitative estimate of drug-likeness (QED) is 0.864. The highest BCUT2D eigenvalue weighted by Crippen LogP contribution is 2.47. The largest absolute Gasteiger partial charge is 0.465 e. The summed E-state index contributed by atoms with van der Waals surface area (Å²) in [5, 5.41) is 3.53. The summed E-state index contributed by atoms with van der Waals surface area (Å²) in [7, 11) is 1.32. The molecule has 0 radical (unpaired) electrons. The predicted octanol–water partition coefficient (Wildman–Crippen LogP) is 1.72. The van der Waals surface area contributed by atoms with Gasteiger partial charge in [0.1, 0.15) is 5.82 Å². The number of hydrogen-bond acceptors (Lipinski definition) is 4. The molecule has 2 bridgehead atoms. The Labute approximate surface area is 129 Å². The van der Waals surface area contributed by atoms with Crippen LogP contribution >= 0.6 is 0 Å². The molecule has 0 atom stereocenters. The first-order valence-electron chi connectivity index (χ1n) is 7.94. The van der Waals surface area contributed by atoms with Crippen molar-refractivity contribution in [1.82, 2.24) is 10.2 Å². The highest BCUT2D eigenvalue weighted by atomic mass is 19.1. The average Bonchev–Trinajstić information content (AvgIpc) is 3.07. The Balaban J connectivity index is 1.52. The number of nitrogens with one attached hydrogen (secondary N) is 1. The second-order valence-corrected chi connectivity index (χ2v) is 7.03. The van der Waals surface area contributed by atoms with Crippen molar-refractivity contribution in [3.8, 4) is 0 Å². The summed E-state index contributed by atoms with van der Waals surface area (Å²) in [5.41, 5.74) is 2.43. The van der Waals surface area contributed by atoms with E-state index < -0.39 is 5.97 Å². The number of carbonyl (C=O) groups excluding carboxylic acids is 1. The highest BCUT2D eigenvalue weighted by Gasteiger charge is 2.50. The van der Waals surface area contributed by atoms with Crippen LogP contribution in [0.2, 0.25) is 0 Å². The second-order valence-electron chi connectivity index (χ2n) is 7.03. The van der Waals surface area contributed by atoms with E-state index in [1.165, 1.54) is 26.0 Å². The van der Waals surface area contributed by atoms with Crippen molar-refractivity contribution in [3.05, 3.63) is 34.6 Å². The van der Waals surface area contributed by atoms with Gasteiger partial charge in [-0.3, -0.25) is 4.90 Å². The molecule has 5 rings (SSSR count). The summed E-state index contributed by atoms with van der Waals surface area (Å²) < 4.78 is 19.1. The third-order valence-corrected chi connectivity index (χ3v) is 5.47. The van der Waals surface area contributed by atoms with Crippen molar-refractivity contribution in [2.45, 2.75) is 31.8 Å². The number of methoxy groups -OCH3 is 1. The molecule has 1 aromatic rings. The van der Waals surface area contributed by atoms with E-state index in [0.29, 0.717) is 17.5 Å². The predicted molar refractivity (Wildman–Crippen MR) is 80.2 cm³/mol. The molecule has 22 heavy (non-hydrogen) atoms. The first kappa shape index (κ1) is 14.2. The summed E-state index contributed by atoms with van der Waals surface area (Å²) in [4.78, 5) is 14.0. The van der Waals surface area contributed by atoms with Crippen LogP contribution in [0.3, 0.4) is 0 Å². The fraction of sp³-hybridized carbons (Fsp3) is 0.588. The summed E-state index contributed by atoms with van der Waals surface area (Å²) in [5.74, 6) is -0.753. The number of carbonyl (C=O) groups is 1. The maximum absolute atomic E-state index is 14.4. The van der Waals surface area contributed by atoms with Gasteiger partial charge in [-0.2, -0.15) is 0 Å². The van der Waals surface area contributed by atoms with Gasteiger partial charge in [-0.05, 0) is 42.4 Å². The summed E-state index contributed by atoms with van der Waals surface area (Å²) >= 11 is 0. The number of rotatable bonds is 3. The van der Waals surface area contributed by atoms with Gasteiger partial charge in [0, 0.05) is 37.8 Å². The van der Waals surface area contributed by atoms with E-state index >= 15 is 0 Å². The first-order chi connectivity index (χ1) is 10.6. The Hall–Kier alpha value is -1.46. The summed E-state index contributed by atoms with van der Waals surface area (Å²) in [6.45, 7) is 3.73. The van der Waals surface area contributed by atoms with Crippen molar-refractivity contribution < 1.29 is 13.9 Å². The third kappa shape index (κ3) is 2.23. The monoisotopic (exact) mass is 304 g/mol. The molecule has 3 heterocycles. The summed E-state index contributed by atoms with van der Waals surface area (Å²) in [6, 6.07) is 3.82. The molecule has 4 nitrogen and oxygen atoms in total. The van der Waals surface area contributed by atoms with E-state index in [9.17, 15) is 9.18 Å². The number of halogens is 1. The van der Waals surface area contributed by atoms with E-state index in [2.05, 4.69) is 15.0 Å². The molecule has 1 aromatic carbocycles. The number of fused-ring (bicyclic) bond motifs is 2. The zero-order valence-corrected chi connectivity index (χ0v) is 12.8. The van der Waals surface area contributed by atoms with E-state index in [1.54, 1.807) is 6.07 Å². The maximum atomic E-state index is 14.4. The molecule has 3 aliphatic heterocycles. The van der Waals surface area contributed by atoms with Crippen LogP contribution in [0.4, 0.5) is 4.39 Å². The number of benzene rings is 1. The minimum Gasteiger partial charge on any atom is -0.465 e. The minimum atomic E-state index is -0.472. The molecule has 118 valence electrons. The van der Waals surface area contributed by atoms with Crippen LogP contribution in [0.1, 0.15) is 34.3 Å². The van der Waals surface area contributed by atoms with Crippen LogP contribution in [-0.4, -0.2) is 43.7 Å². The number of ether oxygens (including phenoxy) is 1. The number of hydrogen-bond donors (Lipinski definition) is 1. The van der Waals surface area contributed by atoms with Crippen LogP contribution < -0.4 is 5.32 Å². The van der Waals surface area contributed by atoms with Crippen LogP contribution in [0, 0.1) is 11.2 Å². The van der Waals surface area contributed by atoms with Gasteiger partial charge in [0.25, 0.3) is 0 Å². The molecule has 1 aliphatic carbocycles. The van der Waals surface area contributed by atoms with E-state index in [-0.39, 0.29) is 5.82 Å². The zero-order valence-electron chi connectivity index (χ0n) is 12.8. The molecule has 0 unspecified atom stereocenters. The highest BCUT2D eigenvalue weighted by molar-refractivity contribution is 5.89. The van der Waals surface area contributed by atoms with E-state index in [0.717, 1.165) is 43.2 Å². The number of esters is 1. The van der Waals surface area contributed by atoms with Gasteiger partial charge >= 0.3 is 5.97 Å². The lowest BCUT2D eigenvalue weighted by atomic mass is 9.69. The summed E-state index contributed by atoms with van der Waals surface area (Å²) in [6.07, 6.45) is 3.32. The average molecular weight is 304 g/mol. The Morgan fingerprint density at radius 1 is 1.50 bits per heavy atom. The second kappa shape index (κ2) is 5.03. The molecule has 2 saturated heterocycles. The molecule has 0 aromatic heterocycles. The van der Waals surface area contributed by atoms with Crippen LogP contribution in [0.25, 0.3) is 0 Å². The first-order valence-corrected chi connectivity index (χ1v) is 7.94. The van der Waals surface area contributed by atoms with Crippen LogP contribution in [-0.2, 0) is 17.7 Å². The Kier molecular flexibility index (Phi) is 3.24. The Morgan fingerprint density at radius 3 is 3.00 bits per heavy atom. The van der Waals surface area contributed by atoms with Crippen molar-refractivity contribution in [2.24, 2.45) is 5.41 Å². The van der Waals surface area contributed by atoms with E-state index in [4.69, 9.17) is 0 Å². The molecule has 3 fully saturated rings. The molecule has 0 amide bonds. The van der Waals surface area contributed by atoms with Gasteiger partial charge in [0.2, 0.25) is 0 Å². The zero-order chi connectivity index (χ0) is 15.3. The van der Waals surface area contributed by atoms with E-state index in [1.807, 2.05) is 0 Å². The van der Waals surface area contributed by atoms with Gasteiger partial charge in [0.05, 0.1) is 12.7 Å². The fourth-order valence-corrected chi connectivity index (χ4v) is 4.34. The van der Waals surface area contributed by atoms with Gasteiger partial charge < -0.3 is 10.1 Å². The van der Waals surface area contributed by atoms with Crippen molar-refractivity contribution in [3.63, 3.8) is 0 Å². The Morgan fingerprint density at radius 2 is 2.32 bits per heavy atom. The van der Waals surface area contributed by atoms with Gasteiger partial charge in [0.15, 0.2) is 0 Å². The van der Waals surface area contributed by atoms with Crippen molar-refractivity contribution in [2.75, 3.05) is 26.7 Å². The number of nitrogens with zero attached hydrogens (tertiary/aromatic N) is 1. The molecule has 4 aliphatic rings. The standard InChI is InChI=1S/C17H21FN2O2/c1-22-16(21)12-4-11-2-3-20(8-14(11)15(18)5-12)10-17-6-13(7-17)19-9-17/h4-5,13,19H,2-3,6-10H2,1H3. The molecule has 0 spiro atoms. The molecule has 5 heteroatoms. The van der Waals surface area contributed by atoms with Crippen molar-refractivity contribution >= 4 is 5.97 Å². The minimum absolute atomic E-state index is 0.281. The molecular weight excluding hydrogens is 283 g/mol. The SMILES string of the molecule is COC(=O)c1cc(F)c2c(c1)CCN(CC13CNC(C1)C3)C2. The van der Waals surface area contributed by atoms with Gasteiger partial charge in [-0.15, -0.1) is 0 Å². The lowest BCUT2D eigenvalue weighted by Gasteiger charge is -2.42. The smallest absolute Gasteiger partial charge is 0.337 e. The van der Waals surface area contributed by atoms with Crippen LogP contribution in [0.5, 0.6) is 0 Å².